The zero-order valence-electron chi connectivity index (χ0n) is 13.3. The summed E-state index contributed by atoms with van der Waals surface area (Å²) in [7, 11) is 0. The van der Waals surface area contributed by atoms with E-state index >= 15 is 0 Å². The molecule has 1 aliphatic carbocycles. The number of carboxylic acids is 1. The van der Waals surface area contributed by atoms with Crippen molar-refractivity contribution in [2.45, 2.75) is 53.4 Å². The van der Waals surface area contributed by atoms with Crippen LogP contribution in [0.2, 0.25) is 0 Å². The van der Waals surface area contributed by atoms with E-state index in [1.807, 2.05) is 18.7 Å². The SMILES string of the molecule is CCC(CC)CN(CC)C(=O)C1CC(C)CC1C(=O)O. The first-order valence-corrected chi connectivity index (χ1v) is 7.96. The molecule has 1 fully saturated rings. The van der Waals surface area contributed by atoms with Gasteiger partial charge in [0.05, 0.1) is 11.8 Å². The average Bonchev–Trinajstić information content (AvgIpc) is 2.82. The minimum absolute atomic E-state index is 0.0520. The monoisotopic (exact) mass is 283 g/mol. The molecule has 0 heterocycles. The Balaban J connectivity index is 2.76. The van der Waals surface area contributed by atoms with Crippen LogP contribution in [0.1, 0.15) is 53.4 Å². The van der Waals surface area contributed by atoms with Crippen LogP contribution in [0.25, 0.3) is 0 Å². The summed E-state index contributed by atoms with van der Waals surface area (Å²) in [6.07, 6.45) is 3.47. The van der Waals surface area contributed by atoms with Crippen molar-refractivity contribution in [1.82, 2.24) is 4.90 Å². The molecule has 0 aromatic heterocycles. The fourth-order valence-corrected chi connectivity index (χ4v) is 3.31. The second-order valence-corrected chi connectivity index (χ2v) is 6.19. The summed E-state index contributed by atoms with van der Waals surface area (Å²) in [5, 5.41) is 9.31. The molecule has 0 aliphatic heterocycles. The Hall–Kier alpha value is -1.06. The van der Waals surface area contributed by atoms with Crippen molar-refractivity contribution in [3.63, 3.8) is 0 Å². The molecule has 1 N–H and O–H groups in total. The minimum Gasteiger partial charge on any atom is -0.481 e. The van der Waals surface area contributed by atoms with Crippen LogP contribution in [0, 0.1) is 23.7 Å². The third-order valence-corrected chi connectivity index (χ3v) is 4.76. The van der Waals surface area contributed by atoms with Crippen LogP contribution < -0.4 is 0 Å². The smallest absolute Gasteiger partial charge is 0.307 e. The molecule has 3 atom stereocenters. The average molecular weight is 283 g/mol. The molecule has 116 valence electrons. The molecule has 1 amide bonds. The third-order valence-electron chi connectivity index (χ3n) is 4.76. The van der Waals surface area contributed by atoms with E-state index in [1.54, 1.807) is 0 Å². The minimum atomic E-state index is -0.814. The van der Waals surface area contributed by atoms with Gasteiger partial charge in [0.25, 0.3) is 0 Å². The quantitative estimate of drug-likeness (QED) is 0.781. The Bertz CT molecular complexity index is 339. The number of carbonyl (C=O) groups excluding carboxylic acids is 1. The summed E-state index contributed by atoms with van der Waals surface area (Å²) < 4.78 is 0. The summed E-state index contributed by atoms with van der Waals surface area (Å²) >= 11 is 0. The molecule has 0 aromatic carbocycles. The number of carbonyl (C=O) groups is 2. The number of nitrogens with zero attached hydrogens (tertiary/aromatic N) is 1. The highest BCUT2D eigenvalue weighted by atomic mass is 16.4. The summed E-state index contributed by atoms with van der Waals surface area (Å²) in [5.41, 5.74) is 0. The molecule has 1 aliphatic rings. The Morgan fingerprint density at radius 3 is 2.15 bits per heavy atom. The molecule has 0 aromatic rings. The lowest BCUT2D eigenvalue weighted by Crippen LogP contribution is -2.41. The van der Waals surface area contributed by atoms with E-state index in [2.05, 4.69) is 13.8 Å². The first-order chi connectivity index (χ1) is 9.44. The van der Waals surface area contributed by atoms with Gasteiger partial charge in [0.15, 0.2) is 0 Å². The molecule has 1 saturated carbocycles. The van der Waals surface area contributed by atoms with Gasteiger partial charge in [-0.1, -0.05) is 33.6 Å². The summed E-state index contributed by atoms with van der Waals surface area (Å²) in [4.78, 5) is 25.9. The maximum absolute atomic E-state index is 12.7. The summed E-state index contributed by atoms with van der Waals surface area (Å²) in [6.45, 7) is 9.75. The Morgan fingerprint density at radius 2 is 1.70 bits per heavy atom. The maximum Gasteiger partial charge on any atom is 0.307 e. The van der Waals surface area contributed by atoms with Gasteiger partial charge in [-0.2, -0.15) is 0 Å². The van der Waals surface area contributed by atoms with Gasteiger partial charge in [0, 0.05) is 13.1 Å². The molecule has 0 bridgehead atoms. The lowest BCUT2D eigenvalue weighted by molar-refractivity contribution is -0.149. The Kier molecular flexibility index (Phi) is 6.50. The highest BCUT2D eigenvalue weighted by Gasteiger charge is 2.42. The standard InChI is InChI=1S/C16H29NO3/c1-5-12(6-2)10-17(7-3)15(18)13-8-11(4)9-14(13)16(19)20/h11-14H,5-10H2,1-4H3,(H,19,20). The van der Waals surface area contributed by atoms with Gasteiger partial charge in [-0.3, -0.25) is 9.59 Å². The van der Waals surface area contributed by atoms with Gasteiger partial charge in [0.1, 0.15) is 0 Å². The van der Waals surface area contributed by atoms with Crippen molar-refractivity contribution in [2.75, 3.05) is 13.1 Å². The van der Waals surface area contributed by atoms with E-state index in [4.69, 9.17) is 0 Å². The van der Waals surface area contributed by atoms with Crippen LogP contribution in [0.5, 0.6) is 0 Å². The van der Waals surface area contributed by atoms with Gasteiger partial charge in [-0.25, -0.2) is 0 Å². The first-order valence-electron chi connectivity index (χ1n) is 7.96. The zero-order chi connectivity index (χ0) is 15.3. The second-order valence-electron chi connectivity index (χ2n) is 6.19. The second kappa shape index (κ2) is 7.65. The van der Waals surface area contributed by atoms with E-state index in [9.17, 15) is 14.7 Å². The zero-order valence-corrected chi connectivity index (χ0v) is 13.3. The van der Waals surface area contributed by atoms with Crippen molar-refractivity contribution in [3.8, 4) is 0 Å². The van der Waals surface area contributed by atoms with E-state index in [0.29, 0.717) is 24.8 Å². The number of aliphatic carboxylic acids is 1. The number of carboxylic acid groups (broad SMARTS) is 1. The molecule has 1 rings (SSSR count). The largest absolute Gasteiger partial charge is 0.481 e. The normalized spacial score (nSPS) is 25.9. The molecular weight excluding hydrogens is 254 g/mol. The topological polar surface area (TPSA) is 57.6 Å². The molecule has 4 nitrogen and oxygen atoms in total. The molecule has 3 unspecified atom stereocenters. The van der Waals surface area contributed by atoms with Gasteiger partial charge in [0.2, 0.25) is 5.91 Å². The van der Waals surface area contributed by atoms with E-state index in [0.717, 1.165) is 25.8 Å². The van der Waals surface area contributed by atoms with Crippen LogP contribution in [0.15, 0.2) is 0 Å². The van der Waals surface area contributed by atoms with Crippen molar-refractivity contribution in [3.05, 3.63) is 0 Å². The van der Waals surface area contributed by atoms with Crippen LogP contribution >= 0.6 is 0 Å². The highest BCUT2D eigenvalue weighted by Crippen LogP contribution is 2.37. The number of rotatable bonds is 7. The lowest BCUT2D eigenvalue weighted by atomic mass is 9.93. The highest BCUT2D eigenvalue weighted by molar-refractivity contribution is 5.85. The lowest BCUT2D eigenvalue weighted by Gasteiger charge is -2.29. The third kappa shape index (κ3) is 3.97. The maximum atomic E-state index is 12.7. The van der Waals surface area contributed by atoms with Crippen molar-refractivity contribution >= 4 is 11.9 Å². The van der Waals surface area contributed by atoms with Crippen LogP contribution in [0.4, 0.5) is 0 Å². The Labute approximate surface area is 122 Å². The summed E-state index contributed by atoms with van der Waals surface area (Å²) in [5.74, 6) is -0.731. The first kappa shape index (κ1) is 17.0. The molecular formula is C16H29NO3. The van der Waals surface area contributed by atoms with Gasteiger partial charge < -0.3 is 10.0 Å². The number of amides is 1. The molecule has 0 saturated heterocycles. The number of hydrogen-bond acceptors (Lipinski definition) is 2. The predicted octanol–water partition coefficient (Wildman–Crippen LogP) is 3.02. The molecule has 20 heavy (non-hydrogen) atoms. The van der Waals surface area contributed by atoms with E-state index in [1.165, 1.54) is 0 Å². The fraction of sp³-hybridized carbons (Fsp3) is 0.875. The molecule has 0 spiro atoms. The van der Waals surface area contributed by atoms with E-state index in [-0.39, 0.29) is 11.8 Å². The number of hydrogen-bond donors (Lipinski definition) is 1. The molecule has 4 heteroatoms. The van der Waals surface area contributed by atoms with Crippen LogP contribution in [-0.4, -0.2) is 35.0 Å². The van der Waals surface area contributed by atoms with Crippen LogP contribution in [0.3, 0.4) is 0 Å². The predicted molar refractivity (Wildman–Crippen MR) is 79.3 cm³/mol. The van der Waals surface area contributed by atoms with Crippen molar-refractivity contribution in [2.24, 2.45) is 23.7 Å². The van der Waals surface area contributed by atoms with E-state index < -0.39 is 11.9 Å². The van der Waals surface area contributed by atoms with Crippen molar-refractivity contribution in [1.29, 1.82) is 0 Å². The Morgan fingerprint density at radius 1 is 1.15 bits per heavy atom. The summed E-state index contributed by atoms with van der Waals surface area (Å²) in [6, 6.07) is 0. The van der Waals surface area contributed by atoms with Crippen molar-refractivity contribution < 1.29 is 14.7 Å². The van der Waals surface area contributed by atoms with Crippen LogP contribution in [-0.2, 0) is 9.59 Å². The molecule has 0 radical (unpaired) electrons. The van der Waals surface area contributed by atoms with Gasteiger partial charge in [-0.15, -0.1) is 0 Å². The van der Waals surface area contributed by atoms with Gasteiger partial charge >= 0.3 is 5.97 Å². The fourth-order valence-electron chi connectivity index (χ4n) is 3.31. The van der Waals surface area contributed by atoms with Gasteiger partial charge in [-0.05, 0) is 31.6 Å².